The van der Waals surface area contributed by atoms with Crippen molar-refractivity contribution in [3.05, 3.63) is 33.7 Å². The molecule has 0 aromatic carbocycles. The fraction of sp³-hybridized carbons (Fsp3) is 0.615. The highest BCUT2D eigenvalue weighted by molar-refractivity contribution is 5.26. The van der Waals surface area contributed by atoms with Crippen molar-refractivity contribution in [2.24, 2.45) is 5.92 Å². The smallest absolute Gasteiger partial charge is 0.248 e. The zero-order valence-corrected chi connectivity index (χ0v) is 10.0. The fourth-order valence-corrected chi connectivity index (χ4v) is 2.29. The zero-order valence-electron chi connectivity index (χ0n) is 10.0. The number of aryl methyl sites for hydroxylation is 1. The molecule has 0 saturated heterocycles. The van der Waals surface area contributed by atoms with Crippen LogP contribution in [0, 0.1) is 5.92 Å². The van der Waals surface area contributed by atoms with Crippen molar-refractivity contribution in [1.82, 2.24) is 10.3 Å². The van der Waals surface area contributed by atoms with Crippen molar-refractivity contribution < 1.29 is 0 Å². The van der Waals surface area contributed by atoms with Gasteiger partial charge in [0.05, 0.1) is 0 Å². The van der Waals surface area contributed by atoms with Gasteiger partial charge in [-0.25, -0.2) is 0 Å². The zero-order chi connectivity index (χ0) is 11.5. The van der Waals surface area contributed by atoms with Crippen LogP contribution in [0.2, 0.25) is 0 Å². The molecule has 1 atom stereocenters. The molecule has 1 aliphatic carbocycles. The monoisotopic (exact) mass is 220 g/mol. The molecule has 2 rings (SSSR count). The molecule has 1 aromatic heterocycles. The van der Waals surface area contributed by atoms with Crippen molar-refractivity contribution in [2.75, 3.05) is 6.54 Å². The first-order valence-corrected chi connectivity index (χ1v) is 6.12. The molecule has 1 heterocycles. The summed E-state index contributed by atoms with van der Waals surface area (Å²) in [6.07, 6.45) is 3.33. The lowest BCUT2D eigenvalue weighted by molar-refractivity contribution is 0.423. The Labute approximate surface area is 96.3 Å². The standard InChI is InChI=1S/C13H20N2O/c1-9(2)8-14-11-4-3-5-12-10(11)6-7-13(16)15-12/h6-7,9,11,14H,3-5,8H2,1-2H3,(H,15,16). The van der Waals surface area contributed by atoms with Crippen LogP contribution in [-0.4, -0.2) is 11.5 Å². The van der Waals surface area contributed by atoms with E-state index in [1.54, 1.807) is 6.07 Å². The molecule has 0 spiro atoms. The minimum atomic E-state index is 0.0169. The van der Waals surface area contributed by atoms with E-state index in [1.165, 1.54) is 12.0 Å². The lowest BCUT2D eigenvalue weighted by atomic mass is 9.91. The van der Waals surface area contributed by atoms with Gasteiger partial charge in [0.1, 0.15) is 0 Å². The number of rotatable bonds is 3. The number of hydrogen-bond donors (Lipinski definition) is 2. The molecule has 16 heavy (non-hydrogen) atoms. The lowest BCUT2D eigenvalue weighted by Gasteiger charge is -2.26. The second-order valence-electron chi connectivity index (χ2n) is 5.00. The SMILES string of the molecule is CC(C)CNC1CCCc2[nH]c(=O)ccc21. The van der Waals surface area contributed by atoms with Crippen LogP contribution in [0.4, 0.5) is 0 Å². The Hall–Kier alpha value is -1.09. The summed E-state index contributed by atoms with van der Waals surface area (Å²) in [7, 11) is 0. The number of nitrogens with one attached hydrogen (secondary N) is 2. The summed E-state index contributed by atoms with van der Waals surface area (Å²) in [5.41, 5.74) is 2.43. The number of pyridine rings is 1. The summed E-state index contributed by atoms with van der Waals surface area (Å²) in [5.74, 6) is 0.660. The molecule has 1 unspecified atom stereocenters. The molecule has 1 aromatic rings. The van der Waals surface area contributed by atoms with Crippen molar-refractivity contribution in [1.29, 1.82) is 0 Å². The van der Waals surface area contributed by atoms with Gasteiger partial charge < -0.3 is 10.3 Å². The van der Waals surface area contributed by atoms with E-state index >= 15 is 0 Å². The number of aromatic amines is 1. The Morgan fingerprint density at radius 3 is 3.06 bits per heavy atom. The largest absolute Gasteiger partial charge is 0.326 e. The van der Waals surface area contributed by atoms with E-state index in [0.717, 1.165) is 25.1 Å². The third-order valence-electron chi connectivity index (χ3n) is 3.10. The second kappa shape index (κ2) is 4.83. The van der Waals surface area contributed by atoms with Crippen LogP contribution >= 0.6 is 0 Å². The summed E-state index contributed by atoms with van der Waals surface area (Å²) in [6.45, 7) is 5.45. The predicted molar refractivity (Wildman–Crippen MR) is 65.6 cm³/mol. The van der Waals surface area contributed by atoms with Gasteiger partial charge in [0, 0.05) is 17.8 Å². The van der Waals surface area contributed by atoms with Crippen LogP contribution in [0.3, 0.4) is 0 Å². The number of hydrogen-bond acceptors (Lipinski definition) is 2. The van der Waals surface area contributed by atoms with Gasteiger partial charge in [-0.3, -0.25) is 4.79 Å². The van der Waals surface area contributed by atoms with Gasteiger partial charge in [-0.15, -0.1) is 0 Å². The molecule has 3 heteroatoms. The first kappa shape index (κ1) is 11.4. The average molecular weight is 220 g/mol. The van der Waals surface area contributed by atoms with Gasteiger partial charge >= 0.3 is 0 Å². The number of fused-ring (bicyclic) bond motifs is 1. The molecule has 0 radical (unpaired) electrons. The van der Waals surface area contributed by atoms with Crippen LogP contribution in [0.1, 0.15) is 44.0 Å². The van der Waals surface area contributed by atoms with Crippen LogP contribution < -0.4 is 10.9 Å². The molecule has 0 saturated carbocycles. The molecular weight excluding hydrogens is 200 g/mol. The van der Waals surface area contributed by atoms with E-state index < -0.39 is 0 Å². The normalized spacial score (nSPS) is 19.8. The van der Waals surface area contributed by atoms with Gasteiger partial charge in [0.25, 0.3) is 0 Å². The maximum Gasteiger partial charge on any atom is 0.248 e. The third-order valence-corrected chi connectivity index (χ3v) is 3.10. The summed E-state index contributed by atoms with van der Waals surface area (Å²) in [5, 5.41) is 3.57. The lowest BCUT2D eigenvalue weighted by Crippen LogP contribution is -2.29. The van der Waals surface area contributed by atoms with Crippen molar-refractivity contribution in [3.63, 3.8) is 0 Å². The van der Waals surface area contributed by atoms with Crippen LogP contribution in [0.15, 0.2) is 16.9 Å². The maximum atomic E-state index is 11.2. The van der Waals surface area contributed by atoms with Crippen molar-refractivity contribution in [3.8, 4) is 0 Å². The Kier molecular flexibility index (Phi) is 3.44. The Balaban J connectivity index is 2.16. The summed E-state index contributed by atoms with van der Waals surface area (Å²) in [6, 6.07) is 4.03. The molecule has 88 valence electrons. The van der Waals surface area contributed by atoms with Gasteiger partial charge in [-0.05, 0) is 37.3 Å². The molecule has 2 N–H and O–H groups in total. The minimum Gasteiger partial charge on any atom is -0.326 e. The fourth-order valence-electron chi connectivity index (χ4n) is 2.29. The predicted octanol–water partition coefficient (Wildman–Crippen LogP) is 2.00. The number of aromatic nitrogens is 1. The summed E-state index contributed by atoms with van der Waals surface area (Å²) in [4.78, 5) is 14.2. The minimum absolute atomic E-state index is 0.0169. The average Bonchev–Trinajstić information content (AvgIpc) is 2.25. The van der Waals surface area contributed by atoms with E-state index in [4.69, 9.17) is 0 Å². The van der Waals surface area contributed by atoms with Crippen LogP contribution in [0.25, 0.3) is 0 Å². The van der Waals surface area contributed by atoms with Gasteiger partial charge in [0.2, 0.25) is 5.56 Å². The summed E-state index contributed by atoms with van der Waals surface area (Å²) >= 11 is 0. The molecule has 0 aliphatic heterocycles. The summed E-state index contributed by atoms with van der Waals surface area (Å²) < 4.78 is 0. The van der Waals surface area contributed by atoms with Crippen LogP contribution in [0.5, 0.6) is 0 Å². The second-order valence-corrected chi connectivity index (χ2v) is 5.00. The quantitative estimate of drug-likeness (QED) is 0.818. The van der Waals surface area contributed by atoms with E-state index in [2.05, 4.69) is 24.1 Å². The Morgan fingerprint density at radius 2 is 2.31 bits per heavy atom. The van der Waals surface area contributed by atoms with E-state index in [0.29, 0.717) is 12.0 Å². The first-order valence-electron chi connectivity index (χ1n) is 6.12. The van der Waals surface area contributed by atoms with Crippen LogP contribution in [-0.2, 0) is 6.42 Å². The maximum absolute atomic E-state index is 11.2. The van der Waals surface area contributed by atoms with Crippen molar-refractivity contribution in [2.45, 2.75) is 39.2 Å². The third kappa shape index (κ3) is 2.53. The molecule has 0 bridgehead atoms. The first-order chi connectivity index (χ1) is 7.66. The highest BCUT2D eigenvalue weighted by Crippen LogP contribution is 2.27. The molecule has 3 nitrogen and oxygen atoms in total. The highest BCUT2D eigenvalue weighted by Gasteiger charge is 2.20. The molecular formula is C13H20N2O. The Bertz CT molecular complexity index is 409. The topological polar surface area (TPSA) is 44.9 Å². The van der Waals surface area contributed by atoms with E-state index in [-0.39, 0.29) is 5.56 Å². The van der Waals surface area contributed by atoms with Gasteiger partial charge in [-0.1, -0.05) is 19.9 Å². The Morgan fingerprint density at radius 1 is 1.50 bits per heavy atom. The van der Waals surface area contributed by atoms with Gasteiger partial charge in [0.15, 0.2) is 0 Å². The molecule has 0 amide bonds. The van der Waals surface area contributed by atoms with Gasteiger partial charge in [-0.2, -0.15) is 0 Å². The number of H-pyrrole nitrogens is 1. The molecule has 1 aliphatic rings. The van der Waals surface area contributed by atoms with E-state index in [1.807, 2.05) is 6.07 Å². The van der Waals surface area contributed by atoms with E-state index in [9.17, 15) is 4.79 Å². The molecule has 0 fully saturated rings. The highest BCUT2D eigenvalue weighted by atomic mass is 16.1. The van der Waals surface area contributed by atoms with Crippen molar-refractivity contribution >= 4 is 0 Å².